The molecule has 0 saturated carbocycles. The van der Waals surface area contributed by atoms with Gasteiger partial charge in [0.15, 0.2) is 0 Å². The van der Waals surface area contributed by atoms with Crippen LogP contribution in [0.2, 0.25) is 0 Å². The van der Waals surface area contributed by atoms with E-state index in [1.807, 2.05) is 0 Å². The Kier molecular flexibility index (Phi) is 5.83. The van der Waals surface area contributed by atoms with Crippen molar-refractivity contribution in [3.05, 3.63) is 35.9 Å². The van der Waals surface area contributed by atoms with Crippen LogP contribution in [0.25, 0.3) is 0 Å². The zero-order valence-electron chi connectivity index (χ0n) is 12.2. The quantitative estimate of drug-likeness (QED) is 0.849. The zero-order valence-corrected chi connectivity index (χ0v) is 12.2. The van der Waals surface area contributed by atoms with E-state index in [0.29, 0.717) is 12.1 Å². The van der Waals surface area contributed by atoms with E-state index in [1.54, 1.807) is 0 Å². The van der Waals surface area contributed by atoms with Gasteiger partial charge >= 0.3 is 0 Å². The summed E-state index contributed by atoms with van der Waals surface area (Å²) in [7, 11) is 4.32. The molecule has 0 bridgehead atoms. The van der Waals surface area contributed by atoms with E-state index in [9.17, 15) is 0 Å². The minimum absolute atomic E-state index is 0.456. The van der Waals surface area contributed by atoms with Crippen molar-refractivity contribution in [3.63, 3.8) is 0 Å². The Bertz CT molecular complexity index is 342. The third-order valence-electron chi connectivity index (χ3n) is 3.98. The van der Waals surface area contributed by atoms with Gasteiger partial charge in [0.25, 0.3) is 0 Å². The summed E-state index contributed by atoms with van der Waals surface area (Å²) in [5.74, 6) is 0. The first kappa shape index (κ1) is 14.5. The number of nitrogens with one attached hydrogen (secondary N) is 2. The minimum Gasteiger partial charge on any atom is -0.317 e. The van der Waals surface area contributed by atoms with Gasteiger partial charge in [0.05, 0.1) is 0 Å². The summed E-state index contributed by atoms with van der Waals surface area (Å²) < 4.78 is 0. The summed E-state index contributed by atoms with van der Waals surface area (Å²) in [6.07, 6.45) is 3.83. The van der Waals surface area contributed by atoms with E-state index in [-0.39, 0.29) is 0 Å². The van der Waals surface area contributed by atoms with Crippen LogP contribution in [0.4, 0.5) is 0 Å². The molecule has 1 aliphatic rings. The van der Waals surface area contributed by atoms with Gasteiger partial charge < -0.3 is 15.5 Å². The molecule has 0 aromatic heterocycles. The maximum absolute atomic E-state index is 3.76. The Morgan fingerprint density at radius 3 is 2.74 bits per heavy atom. The first-order chi connectivity index (χ1) is 9.27. The van der Waals surface area contributed by atoms with E-state index in [1.165, 1.54) is 31.4 Å². The molecular weight excluding hydrogens is 234 g/mol. The van der Waals surface area contributed by atoms with Gasteiger partial charge in [-0.3, -0.25) is 0 Å². The van der Waals surface area contributed by atoms with E-state index in [0.717, 1.165) is 13.1 Å². The molecule has 0 amide bonds. The van der Waals surface area contributed by atoms with E-state index >= 15 is 0 Å². The Hall–Kier alpha value is -0.900. The lowest BCUT2D eigenvalue weighted by Gasteiger charge is -2.27. The van der Waals surface area contributed by atoms with Crippen molar-refractivity contribution in [2.75, 3.05) is 33.7 Å². The number of nitrogens with zero attached hydrogens (tertiary/aromatic N) is 1. The Labute approximate surface area is 117 Å². The fourth-order valence-electron chi connectivity index (χ4n) is 2.78. The monoisotopic (exact) mass is 261 g/mol. The third kappa shape index (κ3) is 4.60. The highest BCUT2D eigenvalue weighted by atomic mass is 15.1. The summed E-state index contributed by atoms with van der Waals surface area (Å²) in [5, 5.41) is 7.23. The fourth-order valence-corrected chi connectivity index (χ4v) is 2.78. The van der Waals surface area contributed by atoms with Crippen LogP contribution in [0.3, 0.4) is 0 Å². The third-order valence-corrected chi connectivity index (χ3v) is 3.98. The fraction of sp³-hybridized carbons (Fsp3) is 0.625. The normalized spacial score (nSPS) is 22.2. The van der Waals surface area contributed by atoms with Crippen LogP contribution in [0.5, 0.6) is 0 Å². The van der Waals surface area contributed by atoms with Gasteiger partial charge in [-0.1, -0.05) is 30.3 Å². The molecule has 3 heteroatoms. The molecule has 1 aromatic carbocycles. The van der Waals surface area contributed by atoms with Crippen molar-refractivity contribution < 1.29 is 0 Å². The molecule has 1 saturated heterocycles. The first-order valence-corrected chi connectivity index (χ1v) is 7.43. The highest BCUT2D eigenvalue weighted by Crippen LogP contribution is 2.17. The van der Waals surface area contributed by atoms with Crippen molar-refractivity contribution in [1.82, 2.24) is 15.5 Å². The van der Waals surface area contributed by atoms with Gasteiger partial charge in [-0.2, -0.15) is 0 Å². The molecule has 2 rings (SSSR count). The summed E-state index contributed by atoms with van der Waals surface area (Å²) in [6.45, 7) is 3.35. The Morgan fingerprint density at radius 1 is 1.21 bits per heavy atom. The van der Waals surface area contributed by atoms with Gasteiger partial charge in [-0.15, -0.1) is 0 Å². The van der Waals surface area contributed by atoms with Gasteiger partial charge in [-0.05, 0) is 52.0 Å². The number of hydrogen-bond donors (Lipinski definition) is 2. The second-order valence-electron chi connectivity index (χ2n) is 5.68. The van der Waals surface area contributed by atoms with E-state index in [2.05, 4.69) is 60.0 Å². The topological polar surface area (TPSA) is 27.3 Å². The average molecular weight is 261 g/mol. The first-order valence-electron chi connectivity index (χ1n) is 7.43. The highest BCUT2D eigenvalue weighted by molar-refractivity contribution is 5.19. The molecule has 19 heavy (non-hydrogen) atoms. The van der Waals surface area contributed by atoms with Gasteiger partial charge in [0.2, 0.25) is 0 Å². The van der Waals surface area contributed by atoms with Crippen LogP contribution in [0.1, 0.15) is 30.9 Å². The molecule has 0 aliphatic carbocycles. The van der Waals surface area contributed by atoms with Crippen LogP contribution in [0.15, 0.2) is 30.3 Å². The summed E-state index contributed by atoms with van der Waals surface area (Å²) in [4.78, 5) is 2.30. The summed E-state index contributed by atoms with van der Waals surface area (Å²) >= 11 is 0. The maximum atomic E-state index is 3.76. The second kappa shape index (κ2) is 7.63. The zero-order chi connectivity index (χ0) is 13.5. The predicted octanol–water partition coefficient (Wildman–Crippen LogP) is 2.02. The molecule has 1 aliphatic heterocycles. The van der Waals surface area contributed by atoms with Crippen molar-refractivity contribution >= 4 is 0 Å². The molecule has 0 radical (unpaired) electrons. The van der Waals surface area contributed by atoms with Crippen molar-refractivity contribution in [1.29, 1.82) is 0 Å². The number of rotatable bonds is 5. The Balaban J connectivity index is 1.90. The number of likely N-dealkylation sites (N-methyl/N-ethyl adjacent to an activating group) is 1. The van der Waals surface area contributed by atoms with Crippen LogP contribution in [-0.4, -0.2) is 44.7 Å². The maximum Gasteiger partial charge on any atom is 0.0466 e. The standard InChI is InChI=1S/C16H27N3/c1-19(2)16(14-7-4-3-5-8-14)13-18-15-9-6-11-17-12-10-15/h3-5,7-8,15-18H,6,9-13H2,1-2H3. The minimum atomic E-state index is 0.456. The lowest BCUT2D eigenvalue weighted by Crippen LogP contribution is -2.37. The highest BCUT2D eigenvalue weighted by Gasteiger charge is 2.17. The molecule has 1 fully saturated rings. The van der Waals surface area contributed by atoms with Crippen LogP contribution < -0.4 is 10.6 Å². The Morgan fingerprint density at radius 2 is 2.00 bits per heavy atom. The van der Waals surface area contributed by atoms with Crippen LogP contribution in [-0.2, 0) is 0 Å². The SMILES string of the molecule is CN(C)C(CNC1CCCNCC1)c1ccccc1. The molecule has 106 valence electrons. The van der Waals surface area contributed by atoms with Crippen LogP contribution >= 0.6 is 0 Å². The van der Waals surface area contributed by atoms with E-state index in [4.69, 9.17) is 0 Å². The molecule has 2 unspecified atom stereocenters. The van der Waals surface area contributed by atoms with E-state index < -0.39 is 0 Å². The summed E-state index contributed by atoms with van der Waals surface area (Å²) in [6, 6.07) is 11.9. The van der Waals surface area contributed by atoms with Crippen molar-refractivity contribution in [2.45, 2.75) is 31.3 Å². The predicted molar refractivity (Wildman–Crippen MR) is 81.4 cm³/mol. The second-order valence-corrected chi connectivity index (χ2v) is 5.68. The number of hydrogen-bond acceptors (Lipinski definition) is 3. The van der Waals surface area contributed by atoms with Crippen molar-refractivity contribution in [2.24, 2.45) is 0 Å². The molecule has 1 heterocycles. The van der Waals surface area contributed by atoms with Crippen LogP contribution in [0, 0.1) is 0 Å². The molecule has 2 atom stereocenters. The van der Waals surface area contributed by atoms with Gasteiger partial charge in [0, 0.05) is 18.6 Å². The van der Waals surface area contributed by atoms with Gasteiger partial charge in [-0.25, -0.2) is 0 Å². The summed E-state index contributed by atoms with van der Waals surface area (Å²) in [5.41, 5.74) is 1.40. The largest absolute Gasteiger partial charge is 0.317 e. The molecule has 0 spiro atoms. The molecular formula is C16H27N3. The number of benzene rings is 1. The molecule has 2 N–H and O–H groups in total. The lowest BCUT2D eigenvalue weighted by atomic mass is 10.0. The smallest absolute Gasteiger partial charge is 0.0466 e. The van der Waals surface area contributed by atoms with Gasteiger partial charge in [0.1, 0.15) is 0 Å². The lowest BCUT2D eigenvalue weighted by molar-refractivity contribution is 0.275. The van der Waals surface area contributed by atoms with Crippen molar-refractivity contribution in [3.8, 4) is 0 Å². The molecule has 1 aromatic rings. The average Bonchev–Trinajstić information content (AvgIpc) is 2.68. The molecule has 3 nitrogen and oxygen atoms in total.